The third-order valence-electron chi connectivity index (χ3n) is 3.19. The van der Waals surface area contributed by atoms with Crippen LogP contribution >= 0.6 is 0 Å². The zero-order valence-electron chi connectivity index (χ0n) is 10.5. The van der Waals surface area contributed by atoms with E-state index in [1.54, 1.807) is 0 Å². The molecule has 1 fully saturated rings. The van der Waals surface area contributed by atoms with Crippen LogP contribution < -0.4 is 5.32 Å². The third kappa shape index (κ3) is 4.13. The van der Waals surface area contributed by atoms with E-state index in [0.29, 0.717) is 19.6 Å². The van der Waals surface area contributed by atoms with Gasteiger partial charge in [0.1, 0.15) is 0 Å². The molecule has 1 aliphatic heterocycles. The van der Waals surface area contributed by atoms with Gasteiger partial charge in [0.25, 0.3) is 0 Å². The monoisotopic (exact) mass is 248 g/mol. The number of aliphatic hydroxyl groups is 1. The molecule has 0 bridgehead atoms. The molecular formula is C14H20N2O2. The molecule has 1 aliphatic rings. The third-order valence-corrected chi connectivity index (χ3v) is 3.19. The molecule has 0 saturated carbocycles. The van der Waals surface area contributed by atoms with Crippen LogP contribution in [0.4, 0.5) is 0 Å². The van der Waals surface area contributed by atoms with Crippen LogP contribution in [0.15, 0.2) is 30.3 Å². The maximum atomic E-state index is 11.7. The molecule has 4 nitrogen and oxygen atoms in total. The molecule has 1 atom stereocenters. The first-order chi connectivity index (χ1) is 8.74. The van der Waals surface area contributed by atoms with Gasteiger partial charge in [-0.05, 0) is 18.4 Å². The Hall–Kier alpha value is -1.39. The van der Waals surface area contributed by atoms with E-state index in [2.05, 4.69) is 17.4 Å². The van der Waals surface area contributed by atoms with Crippen molar-refractivity contribution in [2.45, 2.75) is 18.9 Å². The van der Waals surface area contributed by atoms with Gasteiger partial charge in [-0.25, -0.2) is 0 Å². The SMILES string of the molecule is O=C(CN1CC[C@@H](O)C1)NCCc1ccccc1. The van der Waals surface area contributed by atoms with Crippen LogP contribution in [0.3, 0.4) is 0 Å². The van der Waals surface area contributed by atoms with E-state index in [0.717, 1.165) is 19.4 Å². The molecule has 98 valence electrons. The second-order valence-corrected chi connectivity index (χ2v) is 4.76. The van der Waals surface area contributed by atoms with Crippen LogP contribution in [0.5, 0.6) is 0 Å². The number of aliphatic hydroxyl groups excluding tert-OH is 1. The highest BCUT2D eigenvalue weighted by molar-refractivity contribution is 5.78. The quantitative estimate of drug-likeness (QED) is 0.793. The molecule has 1 aromatic carbocycles. The molecule has 4 heteroatoms. The summed E-state index contributed by atoms with van der Waals surface area (Å²) in [4.78, 5) is 13.7. The molecule has 1 saturated heterocycles. The standard InChI is InChI=1S/C14H20N2O2/c17-13-7-9-16(10-13)11-14(18)15-8-6-12-4-2-1-3-5-12/h1-5,13,17H,6-11H2,(H,15,18)/t13-/m1/s1. The molecule has 1 aromatic rings. The highest BCUT2D eigenvalue weighted by Crippen LogP contribution is 2.07. The van der Waals surface area contributed by atoms with Gasteiger partial charge >= 0.3 is 0 Å². The summed E-state index contributed by atoms with van der Waals surface area (Å²) in [5, 5.41) is 12.3. The molecular weight excluding hydrogens is 228 g/mol. The van der Waals surface area contributed by atoms with E-state index in [1.807, 2.05) is 23.1 Å². The smallest absolute Gasteiger partial charge is 0.234 e. The second-order valence-electron chi connectivity index (χ2n) is 4.76. The highest BCUT2D eigenvalue weighted by atomic mass is 16.3. The fourth-order valence-corrected chi connectivity index (χ4v) is 2.21. The van der Waals surface area contributed by atoms with E-state index >= 15 is 0 Å². The van der Waals surface area contributed by atoms with Gasteiger partial charge in [-0.3, -0.25) is 9.69 Å². The number of carbonyl (C=O) groups excluding carboxylic acids is 1. The lowest BCUT2D eigenvalue weighted by atomic mass is 10.1. The summed E-state index contributed by atoms with van der Waals surface area (Å²) in [6.07, 6.45) is 1.37. The van der Waals surface area contributed by atoms with Crippen molar-refractivity contribution in [1.29, 1.82) is 0 Å². The lowest BCUT2D eigenvalue weighted by Crippen LogP contribution is -2.37. The minimum atomic E-state index is -0.262. The van der Waals surface area contributed by atoms with Crippen molar-refractivity contribution >= 4 is 5.91 Å². The molecule has 0 unspecified atom stereocenters. The topological polar surface area (TPSA) is 52.6 Å². The number of carbonyl (C=O) groups is 1. The zero-order valence-corrected chi connectivity index (χ0v) is 10.5. The van der Waals surface area contributed by atoms with E-state index in [4.69, 9.17) is 0 Å². The number of hydrogen-bond acceptors (Lipinski definition) is 3. The van der Waals surface area contributed by atoms with E-state index in [9.17, 15) is 9.90 Å². The maximum Gasteiger partial charge on any atom is 0.234 e. The van der Waals surface area contributed by atoms with Crippen molar-refractivity contribution in [3.05, 3.63) is 35.9 Å². The summed E-state index contributed by atoms with van der Waals surface area (Å²) in [6, 6.07) is 10.1. The highest BCUT2D eigenvalue weighted by Gasteiger charge is 2.21. The van der Waals surface area contributed by atoms with Crippen molar-refractivity contribution < 1.29 is 9.90 Å². The molecule has 1 heterocycles. The van der Waals surface area contributed by atoms with Crippen molar-refractivity contribution in [2.75, 3.05) is 26.2 Å². The molecule has 0 spiro atoms. The fourth-order valence-electron chi connectivity index (χ4n) is 2.21. The van der Waals surface area contributed by atoms with Gasteiger partial charge in [0.15, 0.2) is 0 Å². The van der Waals surface area contributed by atoms with Crippen molar-refractivity contribution in [1.82, 2.24) is 10.2 Å². The Morgan fingerprint density at radius 3 is 2.83 bits per heavy atom. The Morgan fingerprint density at radius 1 is 1.39 bits per heavy atom. The van der Waals surface area contributed by atoms with Gasteiger partial charge in [-0.15, -0.1) is 0 Å². The number of β-amino-alcohol motifs (C(OH)–C–C–N with tert-alkyl or cyclic N) is 1. The first-order valence-corrected chi connectivity index (χ1v) is 6.45. The van der Waals surface area contributed by atoms with Gasteiger partial charge in [0, 0.05) is 19.6 Å². The molecule has 18 heavy (non-hydrogen) atoms. The Bertz CT molecular complexity index is 381. The zero-order chi connectivity index (χ0) is 12.8. The normalized spacial score (nSPS) is 19.9. The second kappa shape index (κ2) is 6.52. The lowest BCUT2D eigenvalue weighted by Gasteiger charge is -2.14. The Kier molecular flexibility index (Phi) is 4.73. The Labute approximate surface area is 108 Å². The van der Waals surface area contributed by atoms with Gasteiger partial charge in [0.2, 0.25) is 5.91 Å². The molecule has 0 aromatic heterocycles. The summed E-state index contributed by atoms with van der Waals surface area (Å²) in [5.74, 6) is 0.0417. The summed E-state index contributed by atoms with van der Waals surface area (Å²) < 4.78 is 0. The van der Waals surface area contributed by atoms with Gasteiger partial charge in [-0.2, -0.15) is 0 Å². The summed E-state index contributed by atoms with van der Waals surface area (Å²) in [5.41, 5.74) is 1.23. The van der Waals surface area contributed by atoms with Gasteiger partial charge in [-0.1, -0.05) is 30.3 Å². The predicted octanol–water partition coefficient (Wildman–Crippen LogP) is 0.412. The van der Waals surface area contributed by atoms with Crippen molar-refractivity contribution in [3.8, 4) is 0 Å². The summed E-state index contributed by atoms with van der Waals surface area (Å²) in [6.45, 7) is 2.49. The first-order valence-electron chi connectivity index (χ1n) is 6.45. The molecule has 0 radical (unpaired) electrons. The molecule has 2 rings (SSSR count). The largest absolute Gasteiger partial charge is 0.392 e. The van der Waals surface area contributed by atoms with Crippen LogP contribution in [0.2, 0.25) is 0 Å². The number of benzene rings is 1. The number of nitrogens with zero attached hydrogens (tertiary/aromatic N) is 1. The molecule has 1 amide bonds. The fraction of sp³-hybridized carbons (Fsp3) is 0.500. The van der Waals surface area contributed by atoms with Crippen LogP contribution in [-0.2, 0) is 11.2 Å². The number of nitrogens with one attached hydrogen (secondary N) is 1. The number of hydrogen-bond donors (Lipinski definition) is 2. The lowest BCUT2D eigenvalue weighted by molar-refractivity contribution is -0.122. The Morgan fingerprint density at radius 2 is 2.17 bits per heavy atom. The summed E-state index contributed by atoms with van der Waals surface area (Å²) in [7, 11) is 0. The van der Waals surface area contributed by atoms with Crippen LogP contribution in [0.1, 0.15) is 12.0 Å². The summed E-state index contributed by atoms with van der Waals surface area (Å²) >= 11 is 0. The molecule has 2 N–H and O–H groups in total. The minimum absolute atomic E-state index is 0.0417. The molecule has 0 aliphatic carbocycles. The van der Waals surface area contributed by atoms with E-state index in [-0.39, 0.29) is 12.0 Å². The van der Waals surface area contributed by atoms with Crippen molar-refractivity contribution in [2.24, 2.45) is 0 Å². The number of likely N-dealkylation sites (tertiary alicyclic amines) is 1. The van der Waals surface area contributed by atoms with Crippen LogP contribution in [-0.4, -0.2) is 48.2 Å². The average molecular weight is 248 g/mol. The minimum Gasteiger partial charge on any atom is -0.392 e. The Balaban J connectivity index is 1.63. The first kappa shape index (κ1) is 13.1. The number of amides is 1. The average Bonchev–Trinajstić information content (AvgIpc) is 2.76. The van der Waals surface area contributed by atoms with Gasteiger partial charge in [0.05, 0.1) is 12.6 Å². The van der Waals surface area contributed by atoms with Gasteiger partial charge < -0.3 is 10.4 Å². The van der Waals surface area contributed by atoms with Crippen LogP contribution in [0, 0.1) is 0 Å². The van der Waals surface area contributed by atoms with E-state index < -0.39 is 0 Å². The van der Waals surface area contributed by atoms with Crippen LogP contribution in [0.25, 0.3) is 0 Å². The van der Waals surface area contributed by atoms with Crippen molar-refractivity contribution in [3.63, 3.8) is 0 Å². The predicted molar refractivity (Wildman–Crippen MR) is 70.2 cm³/mol. The maximum absolute atomic E-state index is 11.7. The van der Waals surface area contributed by atoms with E-state index in [1.165, 1.54) is 5.56 Å². The number of rotatable bonds is 5.